The highest BCUT2D eigenvalue weighted by molar-refractivity contribution is 6.24. The maximum Gasteiger partial charge on any atom is 0.0542 e. The molecular weight excluding hydrogens is 1640 g/mol. The van der Waals surface area contributed by atoms with Gasteiger partial charge in [0.25, 0.3) is 0 Å². The van der Waals surface area contributed by atoms with Crippen molar-refractivity contribution in [2.45, 2.75) is 0 Å². The molecule has 0 radical (unpaired) electrons. The molecule has 4 heteroatoms. The first-order chi connectivity index (χ1) is 67.5. The van der Waals surface area contributed by atoms with E-state index in [9.17, 15) is 0 Å². The fraction of sp³-hybridized carbons (Fsp3) is 0. The van der Waals surface area contributed by atoms with Gasteiger partial charge < -0.3 is 18.9 Å². The number of fused-ring (bicyclic) bond motifs is 12. The topological polar surface area (TPSA) is 16.3 Å². The van der Waals surface area contributed by atoms with Crippen LogP contribution in [-0.2, 0) is 0 Å². The molecule has 0 spiro atoms. The Morgan fingerprint density at radius 1 is 0.118 bits per heavy atom. The summed E-state index contributed by atoms with van der Waals surface area (Å²) in [5.74, 6) is 0. The maximum absolute atomic E-state index is 2.40. The average molecular weight is 1730 g/mol. The second-order valence-corrected chi connectivity index (χ2v) is 35.3. The Hall–Kier alpha value is -18.0. The third kappa shape index (κ3) is 14.4. The first kappa shape index (κ1) is 80.1. The van der Waals surface area contributed by atoms with Gasteiger partial charge in [-0.15, -0.1) is 0 Å². The molecule has 26 rings (SSSR count). The van der Waals surface area contributed by atoms with Gasteiger partial charge in [0, 0.05) is 67.0 Å². The van der Waals surface area contributed by atoms with Crippen LogP contribution in [0.25, 0.3) is 209 Å². The lowest BCUT2D eigenvalue weighted by atomic mass is 9.85. The number of para-hydroxylation sites is 4. The summed E-state index contributed by atoms with van der Waals surface area (Å²) in [5, 5.41) is 19.8. The summed E-state index contributed by atoms with van der Waals surface area (Å²) < 4.78 is 4.76. The highest BCUT2D eigenvalue weighted by Crippen LogP contribution is 2.50. The van der Waals surface area contributed by atoms with Gasteiger partial charge in [0.15, 0.2) is 0 Å². The Morgan fingerprint density at radius 3 is 0.713 bits per heavy atom. The van der Waals surface area contributed by atoms with Crippen LogP contribution in [0.15, 0.2) is 534 Å². The van der Waals surface area contributed by atoms with E-state index in [1.807, 2.05) is 0 Å². The molecule has 0 aliphatic rings. The molecular formula is C132H88N4. The molecule has 0 N–H and O–H groups in total. The normalized spacial score (nSPS) is 11.5. The summed E-state index contributed by atoms with van der Waals surface area (Å²) in [6, 6.07) is 195. The van der Waals surface area contributed by atoms with E-state index < -0.39 is 0 Å². The second-order valence-electron chi connectivity index (χ2n) is 35.3. The van der Waals surface area contributed by atoms with E-state index in [-0.39, 0.29) is 0 Å². The van der Waals surface area contributed by atoms with Crippen molar-refractivity contribution in [1.82, 2.24) is 9.13 Å². The molecule has 2 aromatic heterocycles. The molecule has 0 fully saturated rings. The van der Waals surface area contributed by atoms with Crippen LogP contribution in [0.2, 0.25) is 0 Å². The van der Waals surface area contributed by atoms with Crippen molar-refractivity contribution in [2.75, 3.05) is 9.80 Å². The summed E-state index contributed by atoms with van der Waals surface area (Å²) in [4.78, 5) is 4.81. The van der Waals surface area contributed by atoms with E-state index >= 15 is 0 Å². The van der Waals surface area contributed by atoms with Gasteiger partial charge in [-0.05, 0) is 293 Å². The monoisotopic (exact) mass is 1730 g/mol. The first-order valence-corrected chi connectivity index (χ1v) is 46.8. The molecule has 0 aliphatic heterocycles. The van der Waals surface area contributed by atoms with Crippen molar-refractivity contribution < 1.29 is 0 Å². The Bertz CT molecular complexity index is 8920. The predicted molar refractivity (Wildman–Crippen MR) is 579 cm³/mol. The lowest BCUT2D eigenvalue weighted by molar-refractivity contribution is 1.18. The third-order valence-corrected chi connectivity index (χ3v) is 27.5. The zero-order valence-electron chi connectivity index (χ0n) is 74.6. The van der Waals surface area contributed by atoms with Gasteiger partial charge in [0.05, 0.1) is 22.1 Å². The SMILES string of the molecule is c1ccc(-c2ccc(-c3c4ccccc4c(-c4ccc(N(c5ccc(-c6ccc7ccccc7c6)cc5)c5ccc6c(c5)c5ccccc5n6-c5ccccc5)cc4)c4ccccc34)cc2)cc1.c1ccc(-c2cccc(-c3c4ccccc4c(-c4ccc(N(c5ccc(-c6ccc7ccccc7c6)cc5)c5ccc6c(c5)c5ccccc5n6-c5ccccc5)cc4)c4ccccc34)c2)cc1. The smallest absolute Gasteiger partial charge is 0.0542 e. The minimum Gasteiger partial charge on any atom is -0.310 e. The Labute approximate surface area is 789 Å². The van der Waals surface area contributed by atoms with Gasteiger partial charge >= 0.3 is 0 Å². The van der Waals surface area contributed by atoms with Gasteiger partial charge in [-0.1, -0.05) is 394 Å². The fourth-order valence-corrected chi connectivity index (χ4v) is 21.1. The summed E-state index contributed by atoms with van der Waals surface area (Å²) in [6.07, 6.45) is 0. The van der Waals surface area contributed by atoms with Gasteiger partial charge in [-0.2, -0.15) is 0 Å². The summed E-state index contributed by atoms with van der Waals surface area (Å²) >= 11 is 0. The average Bonchev–Trinajstić information content (AvgIpc) is 1.08. The van der Waals surface area contributed by atoms with Crippen LogP contribution < -0.4 is 9.80 Å². The van der Waals surface area contributed by atoms with Gasteiger partial charge in [-0.3, -0.25) is 0 Å². The van der Waals surface area contributed by atoms with E-state index in [4.69, 9.17) is 0 Å². The number of hydrogen-bond donors (Lipinski definition) is 0. The minimum absolute atomic E-state index is 1.08. The first-order valence-electron chi connectivity index (χ1n) is 46.8. The van der Waals surface area contributed by atoms with Gasteiger partial charge in [0.1, 0.15) is 0 Å². The molecule has 0 bridgehead atoms. The molecule has 636 valence electrons. The number of hydrogen-bond acceptors (Lipinski definition) is 2. The summed E-state index contributed by atoms with van der Waals surface area (Å²) in [5.41, 5.74) is 33.0. The summed E-state index contributed by atoms with van der Waals surface area (Å²) in [6.45, 7) is 0. The number of rotatable bonds is 16. The minimum atomic E-state index is 1.08. The van der Waals surface area contributed by atoms with Crippen molar-refractivity contribution in [3.05, 3.63) is 534 Å². The van der Waals surface area contributed by atoms with Crippen LogP contribution in [0.4, 0.5) is 34.1 Å². The van der Waals surface area contributed by atoms with E-state index in [1.54, 1.807) is 0 Å². The van der Waals surface area contributed by atoms with Crippen LogP contribution in [0.5, 0.6) is 0 Å². The zero-order valence-corrected chi connectivity index (χ0v) is 74.6. The standard InChI is InChI=1S/2C66H44N2/c1-3-16-45(17-4-1)50-20-15-21-52(43-50)66-60-27-11-9-25-58(60)65(59-26-10-12-28-61(59)66)48-34-38-55(39-35-48)67(54-36-32-47(33-37-54)51-31-30-46-18-7-8-19-49(46)42-51)56-40-41-64-62(44-56)57-24-13-14-29-63(57)68(64)53-22-5-2-6-23-53;1-3-15-45(16-4-1)47-27-30-49(31-28-47)65-58-22-9-11-24-60(58)66(61-25-12-10-23-59(61)65)50-35-39-55(40-36-50)67(54-37-33-48(34-38-54)52-32-29-46-17-7-8-18-51(46)43-52)56-41-42-64-62(44-56)57-21-13-14-26-63(57)68(64)53-19-5-2-6-20-53/h2*1-44H. The molecule has 0 unspecified atom stereocenters. The highest BCUT2D eigenvalue weighted by Gasteiger charge is 2.25. The molecule has 4 nitrogen and oxygen atoms in total. The van der Waals surface area contributed by atoms with Crippen LogP contribution in [0.3, 0.4) is 0 Å². The van der Waals surface area contributed by atoms with Crippen LogP contribution in [0, 0.1) is 0 Å². The molecule has 0 atom stereocenters. The third-order valence-electron chi connectivity index (χ3n) is 27.5. The van der Waals surface area contributed by atoms with Crippen molar-refractivity contribution in [3.63, 3.8) is 0 Å². The molecule has 24 aromatic carbocycles. The molecule has 2 heterocycles. The van der Waals surface area contributed by atoms with E-state index in [1.165, 1.54) is 197 Å². The van der Waals surface area contributed by atoms with Crippen molar-refractivity contribution in [3.8, 4) is 100 Å². The van der Waals surface area contributed by atoms with E-state index in [2.05, 4.69) is 553 Å². The van der Waals surface area contributed by atoms with Crippen molar-refractivity contribution in [1.29, 1.82) is 0 Å². The molecule has 0 aliphatic carbocycles. The number of nitrogens with zero attached hydrogens (tertiary/aromatic N) is 4. The van der Waals surface area contributed by atoms with Crippen LogP contribution in [-0.4, -0.2) is 9.13 Å². The Morgan fingerprint density at radius 2 is 0.346 bits per heavy atom. The lowest BCUT2D eigenvalue weighted by Gasteiger charge is -2.26. The number of anilines is 6. The molecule has 0 amide bonds. The maximum atomic E-state index is 2.40. The highest BCUT2D eigenvalue weighted by atomic mass is 15.1. The lowest BCUT2D eigenvalue weighted by Crippen LogP contribution is -2.10. The molecule has 26 aromatic rings. The number of benzene rings is 24. The fourth-order valence-electron chi connectivity index (χ4n) is 21.1. The second kappa shape index (κ2) is 34.4. The zero-order chi connectivity index (χ0) is 89.9. The largest absolute Gasteiger partial charge is 0.310 e. The quantitative estimate of drug-likeness (QED) is 0.0897. The predicted octanol–water partition coefficient (Wildman–Crippen LogP) is 36.8. The van der Waals surface area contributed by atoms with Crippen molar-refractivity contribution in [2.24, 2.45) is 0 Å². The van der Waals surface area contributed by atoms with Crippen molar-refractivity contribution >= 4 is 142 Å². The molecule has 136 heavy (non-hydrogen) atoms. The number of aromatic nitrogens is 2. The van der Waals surface area contributed by atoms with E-state index in [0.29, 0.717) is 0 Å². The van der Waals surface area contributed by atoms with Gasteiger partial charge in [-0.25, -0.2) is 0 Å². The van der Waals surface area contributed by atoms with Gasteiger partial charge in [0.2, 0.25) is 0 Å². The molecule has 0 saturated heterocycles. The van der Waals surface area contributed by atoms with Crippen LogP contribution in [0.1, 0.15) is 0 Å². The summed E-state index contributed by atoms with van der Waals surface area (Å²) in [7, 11) is 0. The Balaban J connectivity index is 0.000000145. The van der Waals surface area contributed by atoms with E-state index in [0.717, 1.165) is 45.5 Å². The molecule has 0 saturated carbocycles. The van der Waals surface area contributed by atoms with Crippen LogP contribution >= 0.6 is 0 Å². The Kier molecular flexibility index (Phi) is 20.3.